The van der Waals surface area contributed by atoms with Gasteiger partial charge in [0.1, 0.15) is 10.7 Å². The third-order valence-corrected chi connectivity index (χ3v) is 6.57. The molecule has 0 fully saturated rings. The Balaban J connectivity index is 1.48. The van der Waals surface area contributed by atoms with E-state index in [1.165, 1.54) is 23.1 Å². The number of nitrogens with zero attached hydrogens (tertiary/aromatic N) is 5. The number of thiophene rings is 1. The van der Waals surface area contributed by atoms with Gasteiger partial charge in [0.25, 0.3) is 5.56 Å². The molecule has 7 nitrogen and oxygen atoms in total. The summed E-state index contributed by atoms with van der Waals surface area (Å²) in [5.74, 6) is 0.599. The van der Waals surface area contributed by atoms with Crippen LogP contribution in [0.15, 0.2) is 76.0 Å². The van der Waals surface area contributed by atoms with E-state index in [2.05, 4.69) is 20.5 Å². The predicted molar refractivity (Wildman–Crippen MR) is 119 cm³/mol. The minimum Gasteiger partial charge on any atom is -0.309 e. The van der Waals surface area contributed by atoms with E-state index in [1.54, 1.807) is 4.68 Å². The van der Waals surface area contributed by atoms with Crippen LogP contribution in [0.25, 0.3) is 27.0 Å². The van der Waals surface area contributed by atoms with E-state index in [0.717, 1.165) is 21.6 Å². The number of para-hydroxylation sites is 1. The molecule has 148 valence electrons. The third kappa shape index (κ3) is 3.42. The number of hydrogen-bond donors (Lipinski definition) is 1. The van der Waals surface area contributed by atoms with Crippen molar-refractivity contribution >= 4 is 33.3 Å². The highest BCUT2D eigenvalue weighted by Crippen LogP contribution is 2.35. The van der Waals surface area contributed by atoms with E-state index >= 15 is 0 Å². The van der Waals surface area contributed by atoms with E-state index < -0.39 is 0 Å². The lowest BCUT2D eigenvalue weighted by atomic mass is 10.1. The first-order valence-corrected chi connectivity index (χ1v) is 11.0. The topological polar surface area (TPSA) is 89.3 Å². The average molecular weight is 433 g/mol. The number of fused-ring (bicyclic) bond motifs is 1. The number of rotatable bonds is 5. The molecule has 0 bridgehead atoms. The number of tetrazole rings is 1. The molecule has 3 aromatic heterocycles. The van der Waals surface area contributed by atoms with Gasteiger partial charge < -0.3 is 4.98 Å². The molecule has 5 rings (SSSR count). The molecule has 5 aromatic rings. The van der Waals surface area contributed by atoms with Gasteiger partial charge in [0.15, 0.2) is 0 Å². The zero-order chi connectivity index (χ0) is 20.5. The molecule has 0 aliphatic carbocycles. The van der Waals surface area contributed by atoms with Gasteiger partial charge in [-0.3, -0.25) is 4.79 Å². The minimum atomic E-state index is -0.141. The van der Waals surface area contributed by atoms with Crippen molar-refractivity contribution in [3.05, 3.63) is 82.2 Å². The van der Waals surface area contributed by atoms with E-state index in [1.807, 2.05) is 73.0 Å². The van der Waals surface area contributed by atoms with Gasteiger partial charge in [-0.25, -0.2) is 4.98 Å². The fourth-order valence-corrected chi connectivity index (χ4v) is 5.01. The van der Waals surface area contributed by atoms with E-state index in [9.17, 15) is 4.79 Å². The molecule has 0 amide bonds. The number of aromatic amines is 1. The lowest BCUT2D eigenvalue weighted by Crippen LogP contribution is -2.12. The molecule has 0 aliphatic rings. The van der Waals surface area contributed by atoms with Crippen LogP contribution in [0.3, 0.4) is 0 Å². The van der Waals surface area contributed by atoms with Crippen molar-refractivity contribution in [2.75, 3.05) is 0 Å². The molecule has 0 saturated carbocycles. The number of nitrogens with one attached hydrogen (secondary N) is 1. The summed E-state index contributed by atoms with van der Waals surface area (Å²) in [6, 6.07) is 19.6. The lowest BCUT2D eigenvalue weighted by Gasteiger charge is -2.10. The van der Waals surface area contributed by atoms with Crippen LogP contribution in [0.1, 0.15) is 18.0 Å². The van der Waals surface area contributed by atoms with E-state index in [4.69, 9.17) is 4.98 Å². The van der Waals surface area contributed by atoms with Crippen LogP contribution < -0.4 is 5.56 Å². The molecule has 1 N–H and O–H groups in total. The number of thioether (sulfide) groups is 1. The van der Waals surface area contributed by atoms with Crippen molar-refractivity contribution in [2.24, 2.45) is 0 Å². The molecule has 0 unspecified atom stereocenters. The molecule has 30 heavy (non-hydrogen) atoms. The van der Waals surface area contributed by atoms with Crippen molar-refractivity contribution in [1.82, 2.24) is 30.2 Å². The van der Waals surface area contributed by atoms with Crippen LogP contribution in [0.4, 0.5) is 0 Å². The van der Waals surface area contributed by atoms with Gasteiger partial charge in [-0.1, -0.05) is 60.3 Å². The van der Waals surface area contributed by atoms with Gasteiger partial charge >= 0.3 is 0 Å². The zero-order valence-corrected chi connectivity index (χ0v) is 17.5. The summed E-state index contributed by atoms with van der Waals surface area (Å²) in [5.41, 5.74) is 2.66. The number of hydrogen-bond acceptors (Lipinski definition) is 7. The minimum absolute atomic E-state index is 0.134. The average Bonchev–Trinajstić information content (AvgIpc) is 3.42. The second kappa shape index (κ2) is 7.85. The lowest BCUT2D eigenvalue weighted by molar-refractivity contribution is 0.754. The first kappa shape index (κ1) is 18.7. The highest BCUT2D eigenvalue weighted by atomic mass is 32.2. The quantitative estimate of drug-likeness (QED) is 0.412. The van der Waals surface area contributed by atoms with Gasteiger partial charge in [-0.05, 0) is 35.0 Å². The van der Waals surface area contributed by atoms with Crippen molar-refractivity contribution in [1.29, 1.82) is 0 Å². The molecular formula is C21H16N6OS2. The fourth-order valence-electron chi connectivity index (χ4n) is 3.19. The molecule has 0 radical (unpaired) electrons. The number of benzene rings is 2. The van der Waals surface area contributed by atoms with Gasteiger partial charge in [0, 0.05) is 10.9 Å². The monoisotopic (exact) mass is 432 g/mol. The van der Waals surface area contributed by atoms with Crippen LogP contribution in [-0.2, 0) is 0 Å². The Kier molecular flexibility index (Phi) is 4.89. The van der Waals surface area contributed by atoms with Crippen LogP contribution in [-0.4, -0.2) is 30.2 Å². The molecule has 2 aromatic carbocycles. The Labute approximate surface area is 179 Å². The first-order chi connectivity index (χ1) is 14.7. The van der Waals surface area contributed by atoms with Gasteiger partial charge in [-0.15, -0.1) is 16.4 Å². The summed E-state index contributed by atoms with van der Waals surface area (Å²) in [4.78, 5) is 21.3. The predicted octanol–water partition coefficient (Wildman–Crippen LogP) is 4.48. The Morgan fingerprint density at radius 1 is 1.07 bits per heavy atom. The van der Waals surface area contributed by atoms with Crippen LogP contribution >= 0.6 is 23.1 Å². The van der Waals surface area contributed by atoms with Crippen LogP contribution in [0.5, 0.6) is 0 Å². The van der Waals surface area contributed by atoms with Crippen molar-refractivity contribution < 1.29 is 0 Å². The highest BCUT2D eigenvalue weighted by Gasteiger charge is 2.19. The molecular weight excluding hydrogens is 416 g/mol. The number of H-pyrrole nitrogens is 1. The van der Waals surface area contributed by atoms with Crippen molar-refractivity contribution in [3.63, 3.8) is 0 Å². The zero-order valence-electron chi connectivity index (χ0n) is 15.9. The molecule has 9 heteroatoms. The Bertz CT molecular complexity index is 1360. The van der Waals surface area contributed by atoms with Crippen LogP contribution in [0.2, 0.25) is 0 Å². The van der Waals surface area contributed by atoms with Crippen molar-refractivity contribution in [2.45, 2.75) is 17.3 Å². The Morgan fingerprint density at radius 3 is 2.57 bits per heavy atom. The largest absolute Gasteiger partial charge is 0.309 e. The molecule has 0 aliphatic heterocycles. The summed E-state index contributed by atoms with van der Waals surface area (Å²) in [5, 5.41) is 15.1. The molecule has 0 spiro atoms. The Morgan fingerprint density at radius 2 is 1.80 bits per heavy atom. The van der Waals surface area contributed by atoms with Gasteiger partial charge in [-0.2, -0.15) is 4.68 Å². The first-order valence-electron chi connectivity index (χ1n) is 9.28. The summed E-state index contributed by atoms with van der Waals surface area (Å²) < 4.78 is 1.68. The standard InChI is InChI=1S/C21H16N6OS2/c1-13(30-21-24-25-26-27(21)15-10-6-3-7-11-15)18-22-19(28)17-16(12-29-20(17)23-18)14-8-4-2-5-9-14/h2-13H,1H3,(H,22,23,28)/t13-/m1/s1. The maximum atomic E-state index is 12.9. The maximum Gasteiger partial charge on any atom is 0.260 e. The maximum absolute atomic E-state index is 12.9. The second-order valence-corrected chi connectivity index (χ2v) is 8.78. The molecule has 1 atom stereocenters. The van der Waals surface area contributed by atoms with E-state index in [0.29, 0.717) is 16.4 Å². The summed E-state index contributed by atoms with van der Waals surface area (Å²) in [7, 11) is 0. The Hall–Kier alpha value is -3.30. The third-order valence-electron chi connectivity index (χ3n) is 4.66. The van der Waals surface area contributed by atoms with Gasteiger partial charge in [0.2, 0.25) is 5.16 Å². The highest BCUT2D eigenvalue weighted by molar-refractivity contribution is 7.99. The molecule has 3 heterocycles. The van der Waals surface area contributed by atoms with Gasteiger partial charge in [0.05, 0.1) is 16.3 Å². The normalized spacial score (nSPS) is 12.3. The van der Waals surface area contributed by atoms with Crippen molar-refractivity contribution in [3.8, 4) is 16.8 Å². The van der Waals surface area contributed by atoms with Crippen LogP contribution in [0, 0.1) is 0 Å². The summed E-state index contributed by atoms with van der Waals surface area (Å²) >= 11 is 2.92. The number of aromatic nitrogens is 6. The summed E-state index contributed by atoms with van der Waals surface area (Å²) in [6.45, 7) is 1.98. The smallest absolute Gasteiger partial charge is 0.260 e. The second-order valence-electron chi connectivity index (χ2n) is 6.62. The fraction of sp³-hybridized carbons (Fsp3) is 0.0952. The molecule has 0 saturated heterocycles. The van der Waals surface area contributed by atoms with E-state index in [-0.39, 0.29) is 10.8 Å². The SMILES string of the molecule is C[C@@H](Sc1nnnn1-c1ccccc1)c1nc2scc(-c3ccccc3)c2c(=O)[nH]1. The summed E-state index contributed by atoms with van der Waals surface area (Å²) in [6.07, 6.45) is 0.